The highest BCUT2D eigenvalue weighted by atomic mass is 15.1. The molecule has 1 aromatic heterocycles. The molecular formula is C51H36N2. The Morgan fingerprint density at radius 2 is 0.830 bits per heavy atom. The van der Waals surface area contributed by atoms with Gasteiger partial charge in [-0.15, -0.1) is 0 Å². The number of aromatic nitrogens is 1. The van der Waals surface area contributed by atoms with Gasteiger partial charge >= 0.3 is 0 Å². The number of hydrogen-bond acceptors (Lipinski definition) is 1. The largest absolute Gasteiger partial charge is 0.310 e. The van der Waals surface area contributed by atoms with Gasteiger partial charge in [0.05, 0.1) is 11.0 Å². The van der Waals surface area contributed by atoms with E-state index in [-0.39, 0.29) is 0 Å². The third kappa shape index (κ3) is 5.19. The smallest absolute Gasteiger partial charge is 0.0541 e. The molecule has 0 fully saturated rings. The summed E-state index contributed by atoms with van der Waals surface area (Å²) < 4.78 is 2.37. The van der Waals surface area contributed by atoms with Gasteiger partial charge in [0.25, 0.3) is 0 Å². The molecule has 53 heavy (non-hydrogen) atoms. The molecule has 0 radical (unpaired) electrons. The molecular weight excluding hydrogens is 641 g/mol. The summed E-state index contributed by atoms with van der Waals surface area (Å²) in [7, 11) is 0. The van der Waals surface area contributed by atoms with E-state index in [0.29, 0.717) is 0 Å². The fourth-order valence-electron chi connectivity index (χ4n) is 8.30. The van der Waals surface area contributed by atoms with Crippen LogP contribution in [0.4, 0.5) is 17.1 Å². The fraction of sp³-hybridized carbons (Fsp3) is 0.0196. The van der Waals surface area contributed by atoms with Crippen molar-refractivity contribution in [2.24, 2.45) is 0 Å². The lowest BCUT2D eigenvalue weighted by atomic mass is 9.85. The second-order valence-corrected chi connectivity index (χ2v) is 13.8. The monoisotopic (exact) mass is 676 g/mol. The topological polar surface area (TPSA) is 8.17 Å². The highest BCUT2D eigenvalue weighted by Gasteiger charge is 2.19. The van der Waals surface area contributed by atoms with Crippen LogP contribution in [-0.4, -0.2) is 4.57 Å². The van der Waals surface area contributed by atoms with Gasteiger partial charge in [-0.1, -0.05) is 145 Å². The maximum atomic E-state index is 2.37. The van der Waals surface area contributed by atoms with Gasteiger partial charge in [0, 0.05) is 33.5 Å². The summed E-state index contributed by atoms with van der Waals surface area (Å²) in [5.74, 6) is 0. The first kappa shape index (κ1) is 30.9. The zero-order chi connectivity index (χ0) is 35.3. The zero-order valence-corrected chi connectivity index (χ0v) is 29.4. The fourth-order valence-corrected chi connectivity index (χ4v) is 8.30. The number of benzene rings is 9. The molecule has 9 aromatic carbocycles. The molecule has 0 unspecified atom stereocenters. The van der Waals surface area contributed by atoms with Crippen LogP contribution < -0.4 is 4.90 Å². The normalized spacial score (nSPS) is 11.5. The van der Waals surface area contributed by atoms with Crippen LogP contribution in [0.1, 0.15) is 5.56 Å². The van der Waals surface area contributed by atoms with Gasteiger partial charge in [-0.25, -0.2) is 0 Å². The van der Waals surface area contributed by atoms with Gasteiger partial charge in [-0.3, -0.25) is 0 Å². The molecule has 0 amide bonds. The molecule has 10 rings (SSSR count). The third-order valence-corrected chi connectivity index (χ3v) is 10.6. The van der Waals surface area contributed by atoms with Crippen molar-refractivity contribution in [2.45, 2.75) is 6.92 Å². The number of anilines is 3. The Hall–Kier alpha value is -6.90. The maximum absolute atomic E-state index is 2.37. The van der Waals surface area contributed by atoms with Gasteiger partial charge < -0.3 is 9.47 Å². The number of aryl methyl sites for hydroxylation is 1. The first-order valence-corrected chi connectivity index (χ1v) is 18.3. The van der Waals surface area contributed by atoms with Crippen LogP contribution in [0.2, 0.25) is 0 Å². The summed E-state index contributed by atoms with van der Waals surface area (Å²) >= 11 is 0. The summed E-state index contributed by atoms with van der Waals surface area (Å²) in [4.78, 5) is 2.37. The Bertz CT molecular complexity index is 2890. The van der Waals surface area contributed by atoms with E-state index < -0.39 is 0 Å². The van der Waals surface area contributed by atoms with Crippen LogP contribution >= 0.6 is 0 Å². The SMILES string of the molecule is Cc1ccc2c(-c3ccccc3)c3ccccc3c(-c3cccc(N(c4ccccc4)c4ccc(-n5c6ccccc6c6ccccc65)cc4)c3)c2c1. The summed E-state index contributed by atoms with van der Waals surface area (Å²) in [6.45, 7) is 2.19. The van der Waals surface area contributed by atoms with E-state index in [2.05, 4.69) is 217 Å². The first-order chi connectivity index (χ1) is 26.2. The van der Waals surface area contributed by atoms with Crippen molar-refractivity contribution >= 4 is 60.4 Å². The van der Waals surface area contributed by atoms with E-state index in [0.717, 1.165) is 22.7 Å². The molecule has 0 spiro atoms. The van der Waals surface area contributed by atoms with Crippen molar-refractivity contribution in [3.05, 3.63) is 206 Å². The molecule has 0 saturated heterocycles. The van der Waals surface area contributed by atoms with Crippen LogP contribution in [0.15, 0.2) is 200 Å². The van der Waals surface area contributed by atoms with Gasteiger partial charge in [-0.05, 0) is 111 Å². The summed E-state index contributed by atoms with van der Waals surface area (Å²) in [6.07, 6.45) is 0. The van der Waals surface area contributed by atoms with Gasteiger partial charge in [0.1, 0.15) is 0 Å². The molecule has 0 aliphatic heterocycles. The minimum absolute atomic E-state index is 1.10. The number of nitrogens with zero attached hydrogens (tertiary/aromatic N) is 2. The molecule has 1 heterocycles. The molecule has 250 valence electrons. The number of fused-ring (bicyclic) bond motifs is 5. The van der Waals surface area contributed by atoms with E-state index in [4.69, 9.17) is 0 Å². The van der Waals surface area contributed by atoms with Crippen LogP contribution in [-0.2, 0) is 0 Å². The molecule has 10 aromatic rings. The van der Waals surface area contributed by atoms with E-state index in [1.165, 1.54) is 71.2 Å². The predicted molar refractivity (Wildman–Crippen MR) is 226 cm³/mol. The summed E-state index contributed by atoms with van der Waals surface area (Å²) in [6, 6.07) is 72.7. The predicted octanol–water partition coefficient (Wildman–Crippen LogP) is 14.2. The van der Waals surface area contributed by atoms with E-state index >= 15 is 0 Å². The second-order valence-electron chi connectivity index (χ2n) is 13.8. The lowest BCUT2D eigenvalue weighted by Crippen LogP contribution is -2.10. The highest BCUT2D eigenvalue weighted by molar-refractivity contribution is 6.21. The van der Waals surface area contributed by atoms with Crippen LogP contribution in [0.25, 0.3) is 71.3 Å². The quantitative estimate of drug-likeness (QED) is 0.159. The molecule has 0 N–H and O–H groups in total. The minimum atomic E-state index is 1.10. The average molecular weight is 677 g/mol. The molecule has 0 saturated carbocycles. The Morgan fingerprint density at radius 3 is 1.49 bits per heavy atom. The molecule has 2 nitrogen and oxygen atoms in total. The van der Waals surface area contributed by atoms with E-state index in [9.17, 15) is 0 Å². The van der Waals surface area contributed by atoms with Crippen molar-refractivity contribution in [1.29, 1.82) is 0 Å². The number of para-hydroxylation sites is 3. The van der Waals surface area contributed by atoms with Gasteiger partial charge in [0.2, 0.25) is 0 Å². The van der Waals surface area contributed by atoms with E-state index in [1.807, 2.05) is 0 Å². The van der Waals surface area contributed by atoms with Gasteiger partial charge in [0.15, 0.2) is 0 Å². The third-order valence-electron chi connectivity index (χ3n) is 10.6. The van der Waals surface area contributed by atoms with Crippen molar-refractivity contribution in [3.8, 4) is 27.9 Å². The van der Waals surface area contributed by atoms with Gasteiger partial charge in [-0.2, -0.15) is 0 Å². The molecule has 0 bridgehead atoms. The van der Waals surface area contributed by atoms with Crippen LogP contribution in [0, 0.1) is 6.92 Å². The Kier molecular flexibility index (Phi) is 7.40. The molecule has 0 atom stereocenters. The molecule has 0 aliphatic rings. The highest BCUT2D eigenvalue weighted by Crippen LogP contribution is 2.45. The Balaban J connectivity index is 1.15. The summed E-state index contributed by atoms with van der Waals surface area (Å²) in [5.41, 5.74) is 13.1. The Morgan fingerprint density at radius 1 is 0.340 bits per heavy atom. The van der Waals surface area contributed by atoms with Crippen molar-refractivity contribution in [1.82, 2.24) is 4.57 Å². The van der Waals surface area contributed by atoms with E-state index in [1.54, 1.807) is 0 Å². The maximum Gasteiger partial charge on any atom is 0.0541 e. The lowest BCUT2D eigenvalue weighted by Gasteiger charge is -2.26. The first-order valence-electron chi connectivity index (χ1n) is 18.3. The zero-order valence-electron chi connectivity index (χ0n) is 29.4. The van der Waals surface area contributed by atoms with Crippen molar-refractivity contribution in [3.63, 3.8) is 0 Å². The molecule has 0 aliphatic carbocycles. The van der Waals surface area contributed by atoms with Crippen molar-refractivity contribution in [2.75, 3.05) is 4.90 Å². The van der Waals surface area contributed by atoms with Crippen LogP contribution in [0.3, 0.4) is 0 Å². The number of hydrogen-bond donors (Lipinski definition) is 0. The van der Waals surface area contributed by atoms with Crippen molar-refractivity contribution < 1.29 is 0 Å². The standard InChI is InChI=1S/C51H36N2/c1-35-27-32-46-47(33-35)51(45-24-9-8-23-44(45)50(46)36-15-4-2-5-16-36)37-17-14-20-41(34-37)52(38-18-6-3-7-19-38)39-28-30-40(31-29-39)53-48-25-12-10-21-42(48)43-22-11-13-26-49(43)53/h2-34H,1H3. The number of rotatable bonds is 6. The minimum Gasteiger partial charge on any atom is -0.310 e. The molecule has 2 heteroatoms. The second kappa shape index (κ2) is 12.7. The lowest BCUT2D eigenvalue weighted by molar-refractivity contribution is 1.17. The Labute approximate surface area is 309 Å². The summed E-state index contributed by atoms with van der Waals surface area (Å²) in [5, 5.41) is 7.58. The average Bonchev–Trinajstić information content (AvgIpc) is 3.55. The van der Waals surface area contributed by atoms with Crippen LogP contribution in [0.5, 0.6) is 0 Å².